The second kappa shape index (κ2) is 7.22. The average Bonchev–Trinajstić information content (AvgIpc) is 3.10. The SMILES string of the molecule is CN(C)c1ccc(-c2nc3cc(NC=C4C(=O)OC(C)(C)OC4=O)ccc3o2)cc1. The third kappa shape index (κ3) is 3.84. The highest BCUT2D eigenvalue weighted by Gasteiger charge is 2.38. The van der Waals surface area contributed by atoms with E-state index in [1.165, 1.54) is 20.0 Å². The van der Waals surface area contributed by atoms with Gasteiger partial charge in [0.1, 0.15) is 5.52 Å². The summed E-state index contributed by atoms with van der Waals surface area (Å²) in [5.41, 5.74) is 3.62. The summed E-state index contributed by atoms with van der Waals surface area (Å²) >= 11 is 0. The maximum atomic E-state index is 12.0. The number of carbonyl (C=O) groups is 2. The van der Waals surface area contributed by atoms with E-state index in [2.05, 4.69) is 10.3 Å². The first-order valence-electron chi connectivity index (χ1n) is 9.33. The molecule has 154 valence electrons. The molecule has 1 N–H and O–H groups in total. The Labute approximate surface area is 173 Å². The van der Waals surface area contributed by atoms with Gasteiger partial charge >= 0.3 is 11.9 Å². The number of hydrogen-bond acceptors (Lipinski definition) is 8. The molecule has 0 amide bonds. The Morgan fingerprint density at radius 1 is 1.00 bits per heavy atom. The number of benzene rings is 2. The molecule has 1 aliphatic heterocycles. The Kier molecular flexibility index (Phi) is 4.69. The van der Waals surface area contributed by atoms with Crippen molar-refractivity contribution in [1.29, 1.82) is 0 Å². The zero-order chi connectivity index (χ0) is 21.5. The van der Waals surface area contributed by atoms with Gasteiger partial charge in [0.2, 0.25) is 5.89 Å². The molecular weight excluding hydrogens is 386 g/mol. The van der Waals surface area contributed by atoms with Crippen LogP contribution < -0.4 is 10.2 Å². The zero-order valence-corrected chi connectivity index (χ0v) is 17.1. The smallest absolute Gasteiger partial charge is 0.350 e. The highest BCUT2D eigenvalue weighted by Crippen LogP contribution is 2.28. The third-order valence-corrected chi connectivity index (χ3v) is 4.52. The summed E-state index contributed by atoms with van der Waals surface area (Å²) in [7, 11) is 3.96. The minimum absolute atomic E-state index is 0.212. The van der Waals surface area contributed by atoms with E-state index >= 15 is 0 Å². The number of fused-ring (bicyclic) bond motifs is 1. The van der Waals surface area contributed by atoms with Gasteiger partial charge in [0.15, 0.2) is 11.2 Å². The van der Waals surface area contributed by atoms with Crippen LogP contribution in [0.1, 0.15) is 13.8 Å². The molecule has 30 heavy (non-hydrogen) atoms. The molecule has 0 spiro atoms. The molecule has 1 fully saturated rings. The number of anilines is 2. The summed E-state index contributed by atoms with van der Waals surface area (Å²) in [6.07, 6.45) is 1.27. The minimum Gasteiger partial charge on any atom is -0.436 e. The highest BCUT2D eigenvalue weighted by molar-refractivity contribution is 6.15. The van der Waals surface area contributed by atoms with Gasteiger partial charge in [-0.3, -0.25) is 0 Å². The van der Waals surface area contributed by atoms with E-state index in [-0.39, 0.29) is 5.57 Å². The minimum atomic E-state index is -1.27. The van der Waals surface area contributed by atoms with Crippen LogP contribution in [0.15, 0.2) is 58.7 Å². The number of esters is 2. The summed E-state index contributed by atoms with van der Waals surface area (Å²) in [6.45, 7) is 2.99. The van der Waals surface area contributed by atoms with Gasteiger partial charge in [-0.05, 0) is 42.5 Å². The van der Waals surface area contributed by atoms with Crippen molar-refractivity contribution in [2.75, 3.05) is 24.3 Å². The molecule has 4 rings (SSSR count). The number of rotatable bonds is 4. The molecule has 1 aromatic heterocycles. The molecule has 1 saturated heterocycles. The van der Waals surface area contributed by atoms with Crippen molar-refractivity contribution < 1.29 is 23.5 Å². The van der Waals surface area contributed by atoms with Crippen molar-refractivity contribution in [1.82, 2.24) is 4.98 Å². The van der Waals surface area contributed by atoms with Gasteiger partial charge in [-0.15, -0.1) is 0 Å². The van der Waals surface area contributed by atoms with E-state index in [0.29, 0.717) is 22.7 Å². The standard InChI is InChI=1S/C22H21N3O5/c1-22(2)29-20(26)16(21(27)30-22)12-23-14-7-10-18-17(11-14)24-19(28-18)13-5-8-15(9-6-13)25(3)4/h5-12,23H,1-4H3. The monoisotopic (exact) mass is 407 g/mol. The van der Waals surface area contributed by atoms with Crippen LogP contribution in [0.3, 0.4) is 0 Å². The normalized spacial score (nSPS) is 15.5. The predicted molar refractivity (Wildman–Crippen MR) is 112 cm³/mol. The number of nitrogens with zero attached hydrogens (tertiary/aromatic N) is 2. The van der Waals surface area contributed by atoms with Gasteiger partial charge in [0, 0.05) is 51.1 Å². The number of carbonyl (C=O) groups excluding carboxylic acids is 2. The van der Waals surface area contributed by atoms with Crippen molar-refractivity contribution in [2.45, 2.75) is 19.6 Å². The quantitative estimate of drug-likeness (QED) is 0.398. The molecule has 2 heterocycles. The van der Waals surface area contributed by atoms with Crippen LogP contribution in [0.5, 0.6) is 0 Å². The second-order valence-electron chi connectivity index (χ2n) is 7.52. The highest BCUT2D eigenvalue weighted by atomic mass is 16.7. The summed E-state index contributed by atoms with van der Waals surface area (Å²) in [5.74, 6) is -2.25. The molecular formula is C22H21N3O5. The molecule has 0 radical (unpaired) electrons. The van der Waals surface area contributed by atoms with Gasteiger partial charge < -0.3 is 24.1 Å². The average molecular weight is 407 g/mol. The fourth-order valence-corrected chi connectivity index (χ4v) is 2.98. The Hall–Kier alpha value is -3.81. The van der Waals surface area contributed by atoms with E-state index in [1.807, 2.05) is 43.3 Å². The van der Waals surface area contributed by atoms with Crippen LogP contribution in [-0.4, -0.2) is 36.8 Å². The number of oxazole rings is 1. The van der Waals surface area contributed by atoms with E-state index < -0.39 is 17.7 Å². The molecule has 2 aromatic carbocycles. The topological polar surface area (TPSA) is 93.9 Å². The van der Waals surface area contributed by atoms with Gasteiger partial charge in [0.05, 0.1) is 0 Å². The zero-order valence-electron chi connectivity index (χ0n) is 17.1. The molecule has 1 aliphatic rings. The van der Waals surface area contributed by atoms with E-state index in [0.717, 1.165) is 11.3 Å². The van der Waals surface area contributed by atoms with E-state index in [1.54, 1.807) is 18.2 Å². The maximum absolute atomic E-state index is 12.0. The molecule has 0 saturated carbocycles. The molecule has 0 aliphatic carbocycles. The van der Waals surface area contributed by atoms with Gasteiger partial charge in [-0.1, -0.05) is 0 Å². The van der Waals surface area contributed by atoms with Gasteiger partial charge in [0.25, 0.3) is 5.79 Å². The predicted octanol–water partition coefficient (Wildman–Crippen LogP) is 3.69. The van der Waals surface area contributed by atoms with Crippen LogP contribution in [0.4, 0.5) is 11.4 Å². The number of nitrogens with one attached hydrogen (secondary N) is 1. The van der Waals surface area contributed by atoms with Crippen LogP contribution >= 0.6 is 0 Å². The lowest BCUT2D eigenvalue weighted by Gasteiger charge is -2.29. The maximum Gasteiger partial charge on any atom is 0.350 e. The second-order valence-corrected chi connectivity index (χ2v) is 7.52. The Morgan fingerprint density at radius 3 is 2.30 bits per heavy atom. The van der Waals surface area contributed by atoms with Crippen LogP contribution in [-0.2, 0) is 19.1 Å². The summed E-state index contributed by atoms with van der Waals surface area (Å²) in [6, 6.07) is 13.2. The Bertz CT molecular complexity index is 1140. The van der Waals surface area contributed by atoms with Gasteiger partial charge in [-0.25, -0.2) is 14.6 Å². The lowest BCUT2D eigenvalue weighted by molar-refractivity contribution is -0.222. The first-order valence-corrected chi connectivity index (χ1v) is 9.33. The third-order valence-electron chi connectivity index (χ3n) is 4.52. The Balaban J connectivity index is 1.55. The number of ether oxygens (including phenoxy) is 2. The van der Waals surface area contributed by atoms with Crippen LogP contribution in [0.25, 0.3) is 22.6 Å². The van der Waals surface area contributed by atoms with E-state index in [4.69, 9.17) is 13.9 Å². The molecule has 0 atom stereocenters. The van der Waals surface area contributed by atoms with Crippen LogP contribution in [0.2, 0.25) is 0 Å². The van der Waals surface area contributed by atoms with Crippen molar-refractivity contribution in [2.24, 2.45) is 0 Å². The summed E-state index contributed by atoms with van der Waals surface area (Å²) in [4.78, 5) is 30.6. The molecule has 0 unspecified atom stereocenters. The first kappa shape index (κ1) is 19.5. The van der Waals surface area contributed by atoms with Crippen molar-refractivity contribution in [3.63, 3.8) is 0 Å². The largest absolute Gasteiger partial charge is 0.436 e. The fraction of sp³-hybridized carbons (Fsp3) is 0.227. The van der Waals surface area contributed by atoms with Crippen molar-refractivity contribution in [3.8, 4) is 11.5 Å². The molecule has 8 heteroatoms. The Morgan fingerprint density at radius 2 is 1.67 bits per heavy atom. The molecule has 0 bridgehead atoms. The van der Waals surface area contributed by atoms with Crippen LogP contribution in [0, 0.1) is 0 Å². The van der Waals surface area contributed by atoms with E-state index in [9.17, 15) is 9.59 Å². The first-order chi connectivity index (χ1) is 14.2. The van der Waals surface area contributed by atoms with Crippen molar-refractivity contribution >= 4 is 34.4 Å². The fourth-order valence-electron chi connectivity index (χ4n) is 2.98. The lowest BCUT2D eigenvalue weighted by atomic mass is 10.2. The summed E-state index contributed by atoms with van der Waals surface area (Å²) < 4.78 is 16.0. The summed E-state index contributed by atoms with van der Waals surface area (Å²) in [5, 5.41) is 2.91. The lowest BCUT2D eigenvalue weighted by Crippen LogP contribution is -2.42. The number of hydrogen-bond donors (Lipinski definition) is 1. The molecule has 8 nitrogen and oxygen atoms in total. The van der Waals surface area contributed by atoms with Crippen molar-refractivity contribution in [3.05, 3.63) is 54.2 Å². The number of cyclic esters (lactones) is 2. The number of aromatic nitrogens is 1. The van der Waals surface area contributed by atoms with Gasteiger partial charge in [-0.2, -0.15) is 0 Å². The molecule has 3 aromatic rings.